The van der Waals surface area contributed by atoms with Crippen molar-refractivity contribution in [2.75, 3.05) is 0 Å². The standard InChI is InChI=1S/C25H29FN2O3/c1-13-4-16(9-19(26)5-13)23(29)20-6-14(2)22(28(20)3)24(30)27-21-17-7-15-8-18(21)12-25(31,10-15)11-17/h4-6,9,15,17-18,21,31H,7-8,10-12H2,1-3H3,(H,27,30). The van der Waals surface area contributed by atoms with Gasteiger partial charge in [0.15, 0.2) is 0 Å². The van der Waals surface area contributed by atoms with Crippen LogP contribution in [0.1, 0.15) is 69.8 Å². The molecule has 1 heterocycles. The molecule has 4 bridgehead atoms. The van der Waals surface area contributed by atoms with Crippen LogP contribution in [0.15, 0.2) is 24.3 Å². The molecule has 2 N–H and O–H groups in total. The van der Waals surface area contributed by atoms with Gasteiger partial charge in [0.2, 0.25) is 5.78 Å². The van der Waals surface area contributed by atoms with Gasteiger partial charge in [0, 0.05) is 18.7 Å². The van der Waals surface area contributed by atoms with Crippen LogP contribution in [0, 0.1) is 37.4 Å². The number of rotatable bonds is 4. The highest BCUT2D eigenvalue weighted by molar-refractivity contribution is 6.09. The summed E-state index contributed by atoms with van der Waals surface area (Å²) in [4.78, 5) is 26.3. The topological polar surface area (TPSA) is 71.3 Å². The molecule has 0 aliphatic heterocycles. The summed E-state index contributed by atoms with van der Waals surface area (Å²) in [6.07, 6.45) is 4.57. The molecule has 4 aliphatic carbocycles. The second kappa shape index (κ2) is 7.02. The lowest BCUT2D eigenvalue weighted by Gasteiger charge is -2.58. The molecule has 1 aromatic heterocycles. The second-order valence-electron chi connectivity index (χ2n) is 10.2. The second-order valence-corrected chi connectivity index (χ2v) is 10.2. The van der Waals surface area contributed by atoms with E-state index >= 15 is 0 Å². The van der Waals surface area contributed by atoms with E-state index in [2.05, 4.69) is 5.32 Å². The van der Waals surface area contributed by atoms with E-state index in [0.29, 0.717) is 34.7 Å². The number of aryl methyl sites for hydroxylation is 2. The lowest BCUT2D eigenvalue weighted by molar-refractivity contribution is -0.137. The van der Waals surface area contributed by atoms with E-state index in [1.165, 1.54) is 12.1 Å². The van der Waals surface area contributed by atoms with Gasteiger partial charge in [0.25, 0.3) is 5.91 Å². The Bertz CT molecular complexity index is 1050. The molecular weight excluding hydrogens is 395 g/mol. The highest BCUT2D eigenvalue weighted by atomic mass is 19.1. The van der Waals surface area contributed by atoms with E-state index in [9.17, 15) is 19.1 Å². The van der Waals surface area contributed by atoms with Gasteiger partial charge in [-0.05, 0) is 99.1 Å². The minimum absolute atomic E-state index is 0.0728. The summed E-state index contributed by atoms with van der Waals surface area (Å²) in [5.74, 6) is 0.277. The Morgan fingerprint density at radius 1 is 1.10 bits per heavy atom. The molecular formula is C25H29FN2O3. The van der Waals surface area contributed by atoms with Gasteiger partial charge < -0.3 is 15.0 Å². The van der Waals surface area contributed by atoms with Gasteiger partial charge >= 0.3 is 0 Å². The van der Waals surface area contributed by atoms with Crippen LogP contribution in [0.3, 0.4) is 0 Å². The first kappa shape index (κ1) is 20.4. The molecule has 5 nitrogen and oxygen atoms in total. The maximum Gasteiger partial charge on any atom is 0.268 e. The van der Waals surface area contributed by atoms with E-state index < -0.39 is 11.4 Å². The SMILES string of the molecule is Cc1cc(F)cc(C(=O)c2cc(C)c(C(=O)NC3C4CC5CC3CC(O)(C5)C4)n2C)c1. The van der Waals surface area contributed by atoms with Gasteiger partial charge in [-0.15, -0.1) is 0 Å². The van der Waals surface area contributed by atoms with Crippen molar-refractivity contribution in [3.8, 4) is 0 Å². The Hall–Kier alpha value is -2.47. The van der Waals surface area contributed by atoms with Crippen LogP contribution >= 0.6 is 0 Å². The van der Waals surface area contributed by atoms with Crippen molar-refractivity contribution < 1.29 is 19.1 Å². The van der Waals surface area contributed by atoms with Gasteiger partial charge in [-0.1, -0.05) is 0 Å². The molecule has 0 spiro atoms. The van der Waals surface area contributed by atoms with Gasteiger partial charge in [0.05, 0.1) is 11.3 Å². The molecule has 6 heteroatoms. The predicted molar refractivity (Wildman–Crippen MR) is 114 cm³/mol. The smallest absolute Gasteiger partial charge is 0.268 e. The van der Waals surface area contributed by atoms with E-state index in [-0.39, 0.29) is 23.3 Å². The molecule has 2 atom stereocenters. The molecule has 0 saturated heterocycles. The monoisotopic (exact) mass is 424 g/mol. The highest BCUT2D eigenvalue weighted by Crippen LogP contribution is 2.55. The quantitative estimate of drug-likeness (QED) is 0.736. The minimum atomic E-state index is -0.540. The van der Waals surface area contributed by atoms with Crippen LogP contribution in [-0.2, 0) is 7.05 Å². The lowest BCUT2D eigenvalue weighted by Crippen LogP contribution is -2.61. The zero-order valence-electron chi connectivity index (χ0n) is 18.2. The molecule has 31 heavy (non-hydrogen) atoms. The molecule has 2 aromatic rings. The third-order valence-electron chi connectivity index (χ3n) is 7.71. The van der Waals surface area contributed by atoms with Crippen LogP contribution in [0.2, 0.25) is 0 Å². The third kappa shape index (κ3) is 3.41. The van der Waals surface area contributed by atoms with Crippen molar-refractivity contribution in [3.63, 3.8) is 0 Å². The number of carbonyl (C=O) groups is 2. The number of hydrogen-bond acceptors (Lipinski definition) is 3. The first-order chi connectivity index (χ1) is 14.6. The number of ketones is 1. The van der Waals surface area contributed by atoms with Crippen LogP contribution in [-0.4, -0.2) is 33.0 Å². The third-order valence-corrected chi connectivity index (χ3v) is 7.71. The Labute approximate surface area is 181 Å². The maximum atomic E-state index is 13.8. The summed E-state index contributed by atoms with van der Waals surface area (Å²) in [6, 6.07) is 6.05. The molecule has 0 radical (unpaired) electrons. The maximum absolute atomic E-state index is 13.8. The number of aromatic nitrogens is 1. The zero-order chi connectivity index (χ0) is 22.1. The number of aliphatic hydroxyl groups is 1. The number of hydrogen-bond donors (Lipinski definition) is 2. The van der Waals surface area contributed by atoms with Gasteiger partial charge in [0.1, 0.15) is 11.5 Å². The molecule has 164 valence electrons. The summed E-state index contributed by atoms with van der Waals surface area (Å²) in [5, 5.41) is 14.0. The molecule has 4 saturated carbocycles. The van der Waals surface area contributed by atoms with Crippen LogP contribution < -0.4 is 5.32 Å². The number of nitrogens with one attached hydrogen (secondary N) is 1. The largest absolute Gasteiger partial charge is 0.390 e. The molecule has 1 amide bonds. The summed E-state index contributed by atoms with van der Waals surface area (Å²) < 4.78 is 15.4. The number of amides is 1. The average Bonchev–Trinajstić information content (AvgIpc) is 2.96. The molecule has 1 aromatic carbocycles. The summed E-state index contributed by atoms with van der Waals surface area (Å²) in [6.45, 7) is 3.57. The van der Waals surface area contributed by atoms with E-state index in [4.69, 9.17) is 0 Å². The van der Waals surface area contributed by atoms with Crippen molar-refractivity contribution in [3.05, 3.63) is 58.2 Å². The minimum Gasteiger partial charge on any atom is -0.390 e. The van der Waals surface area contributed by atoms with E-state index in [1.807, 2.05) is 6.92 Å². The first-order valence-electron chi connectivity index (χ1n) is 11.1. The first-order valence-corrected chi connectivity index (χ1v) is 11.1. The van der Waals surface area contributed by atoms with Gasteiger partial charge in [-0.3, -0.25) is 9.59 Å². The fraction of sp³-hybridized carbons (Fsp3) is 0.520. The Balaban J connectivity index is 1.39. The van der Waals surface area contributed by atoms with E-state index in [0.717, 1.165) is 37.7 Å². The fourth-order valence-corrected chi connectivity index (χ4v) is 6.76. The van der Waals surface area contributed by atoms with Crippen molar-refractivity contribution in [1.29, 1.82) is 0 Å². The normalized spacial score (nSPS) is 31.1. The van der Waals surface area contributed by atoms with Crippen LogP contribution in [0.5, 0.6) is 0 Å². The van der Waals surface area contributed by atoms with Crippen LogP contribution in [0.25, 0.3) is 0 Å². The molecule has 4 fully saturated rings. The predicted octanol–water partition coefficient (Wildman–Crippen LogP) is 3.68. The van der Waals surface area contributed by atoms with Crippen molar-refractivity contribution >= 4 is 11.7 Å². The number of carbonyl (C=O) groups excluding carboxylic acids is 2. The Morgan fingerprint density at radius 3 is 2.39 bits per heavy atom. The van der Waals surface area contributed by atoms with Crippen molar-refractivity contribution in [2.24, 2.45) is 24.8 Å². The van der Waals surface area contributed by atoms with E-state index in [1.54, 1.807) is 30.7 Å². The summed E-state index contributed by atoms with van der Waals surface area (Å²) >= 11 is 0. The number of halogens is 1. The zero-order valence-corrected chi connectivity index (χ0v) is 18.2. The van der Waals surface area contributed by atoms with Crippen molar-refractivity contribution in [2.45, 2.75) is 57.6 Å². The fourth-order valence-electron chi connectivity index (χ4n) is 6.76. The number of benzene rings is 1. The summed E-state index contributed by atoms with van der Waals surface area (Å²) in [7, 11) is 1.71. The van der Waals surface area contributed by atoms with Gasteiger partial charge in [-0.25, -0.2) is 4.39 Å². The summed E-state index contributed by atoms with van der Waals surface area (Å²) in [5.41, 5.74) is 1.96. The number of nitrogens with zero attached hydrogens (tertiary/aromatic N) is 1. The molecule has 4 aliphatic rings. The molecule has 2 unspecified atom stereocenters. The highest BCUT2D eigenvalue weighted by Gasteiger charge is 2.55. The van der Waals surface area contributed by atoms with Crippen molar-refractivity contribution in [1.82, 2.24) is 9.88 Å². The van der Waals surface area contributed by atoms with Gasteiger partial charge in [-0.2, -0.15) is 0 Å². The lowest BCUT2D eigenvalue weighted by atomic mass is 9.52. The Kier molecular flexibility index (Phi) is 4.63. The molecule has 6 rings (SSSR count). The Morgan fingerprint density at radius 2 is 1.77 bits per heavy atom. The average molecular weight is 425 g/mol. The van der Waals surface area contributed by atoms with Crippen LogP contribution in [0.4, 0.5) is 4.39 Å².